The molecule has 0 radical (unpaired) electrons. The van der Waals surface area contributed by atoms with Crippen molar-refractivity contribution in [2.75, 3.05) is 19.3 Å². The summed E-state index contributed by atoms with van der Waals surface area (Å²) < 4.78 is 24.1. The normalized spacial score (nSPS) is 11.6. The van der Waals surface area contributed by atoms with Crippen LogP contribution in [0.2, 0.25) is 0 Å². The Labute approximate surface area is 90.4 Å². The van der Waals surface area contributed by atoms with E-state index in [0.29, 0.717) is 13.0 Å². The molecule has 0 saturated heterocycles. The van der Waals surface area contributed by atoms with E-state index in [9.17, 15) is 13.2 Å². The van der Waals surface area contributed by atoms with Gasteiger partial charge in [0.15, 0.2) is 0 Å². The fourth-order valence-corrected chi connectivity index (χ4v) is 2.12. The minimum atomic E-state index is -3.42. The summed E-state index contributed by atoms with van der Waals surface area (Å²) >= 11 is 0. The van der Waals surface area contributed by atoms with E-state index in [-0.39, 0.29) is 12.2 Å². The Morgan fingerprint density at radius 3 is 2.60 bits per heavy atom. The summed E-state index contributed by atoms with van der Waals surface area (Å²) in [4.78, 5) is 10.2. The van der Waals surface area contributed by atoms with E-state index >= 15 is 0 Å². The van der Waals surface area contributed by atoms with Gasteiger partial charge in [0.1, 0.15) is 0 Å². The molecule has 0 fully saturated rings. The fraction of sp³-hybridized carbons (Fsp3) is 0.667. The van der Waals surface area contributed by atoms with E-state index in [0.717, 1.165) is 6.42 Å². The topological polar surface area (TPSA) is 74.7 Å². The molecule has 0 aliphatic rings. The van der Waals surface area contributed by atoms with Crippen LogP contribution in [-0.4, -0.2) is 43.1 Å². The number of nitrogens with zero attached hydrogens (tertiary/aromatic N) is 1. The second kappa shape index (κ2) is 6.58. The Morgan fingerprint density at radius 1 is 1.53 bits per heavy atom. The molecule has 88 valence electrons. The van der Waals surface area contributed by atoms with E-state index in [1.54, 1.807) is 6.08 Å². The minimum absolute atomic E-state index is 0.340. The van der Waals surface area contributed by atoms with Crippen LogP contribution in [-0.2, 0) is 14.8 Å². The number of aliphatic carboxylic acids is 1. The molecule has 5 nitrogen and oxygen atoms in total. The lowest BCUT2D eigenvalue weighted by Crippen LogP contribution is -2.30. The van der Waals surface area contributed by atoms with Crippen LogP contribution in [0.3, 0.4) is 0 Å². The van der Waals surface area contributed by atoms with Crippen LogP contribution in [0, 0.1) is 0 Å². The number of rotatable bonds is 8. The van der Waals surface area contributed by atoms with Crippen LogP contribution in [0.5, 0.6) is 0 Å². The molecule has 0 aliphatic heterocycles. The monoisotopic (exact) mass is 235 g/mol. The number of sulfonamides is 1. The van der Waals surface area contributed by atoms with Gasteiger partial charge in [-0.1, -0.05) is 6.08 Å². The summed E-state index contributed by atoms with van der Waals surface area (Å²) in [6, 6.07) is 0. The van der Waals surface area contributed by atoms with Gasteiger partial charge in [-0.2, -0.15) is 0 Å². The van der Waals surface area contributed by atoms with E-state index < -0.39 is 16.0 Å². The predicted octanol–water partition coefficient (Wildman–Crippen LogP) is 0.689. The van der Waals surface area contributed by atoms with Crippen molar-refractivity contribution < 1.29 is 18.3 Å². The average molecular weight is 235 g/mol. The maximum absolute atomic E-state index is 11.5. The summed E-state index contributed by atoms with van der Waals surface area (Å²) in [7, 11) is -1.96. The second-order valence-corrected chi connectivity index (χ2v) is 5.41. The van der Waals surface area contributed by atoms with Gasteiger partial charge >= 0.3 is 5.97 Å². The zero-order valence-electron chi connectivity index (χ0n) is 8.85. The Morgan fingerprint density at radius 2 is 2.13 bits per heavy atom. The van der Waals surface area contributed by atoms with Gasteiger partial charge in [-0.3, -0.25) is 4.79 Å². The van der Waals surface area contributed by atoms with E-state index in [1.165, 1.54) is 11.4 Å². The lowest BCUT2D eigenvalue weighted by atomic mass is 10.3. The lowest BCUT2D eigenvalue weighted by Gasteiger charge is -2.15. The third-order valence-corrected chi connectivity index (χ3v) is 3.78. The summed E-state index contributed by atoms with van der Waals surface area (Å²) in [6.07, 6.45) is 2.82. The molecule has 6 heteroatoms. The molecule has 0 bridgehead atoms. The molecule has 0 heterocycles. The van der Waals surface area contributed by atoms with Crippen LogP contribution in [0.1, 0.15) is 19.3 Å². The van der Waals surface area contributed by atoms with Crippen molar-refractivity contribution in [3.05, 3.63) is 12.7 Å². The smallest absolute Gasteiger partial charge is 0.304 e. The standard InChI is InChI=1S/C9H17NO4S/c1-3-4-5-7-10(2)15(13,14)8-6-9(11)12/h3H,1,4-8H2,2H3,(H,11,12). The van der Waals surface area contributed by atoms with Crippen molar-refractivity contribution in [1.29, 1.82) is 0 Å². The molecule has 1 N–H and O–H groups in total. The van der Waals surface area contributed by atoms with Crippen molar-refractivity contribution >= 4 is 16.0 Å². The molecule has 0 aromatic carbocycles. The van der Waals surface area contributed by atoms with E-state index in [4.69, 9.17) is 5.11 Å². The summed E-state index contributed by atoms with van der Waals surface area (Å²) in [5, 5.41) is 8.38. The quantitative estimate of drug-likeness (QED) is 0.496. The molecule has 15 heavy (non-hydrogen) atoms. The minimum Gasteiger partial charge on any atom is -0.481 e. The summed E-state index contributed by atoms with van der Waals surface area (Å²) in [5.74, 6) is -1.44. The van der Waals surface area contributed by atoms with E-state index in [2.05, 4.69) is 6.58 Å². The van der Waals surface area contributed by atoms with Gasteiger partial charge in [0, 0.05) is 13.6 Å². The molecule has 0 unspecified atom stereocenters. The number of carboxylic acids is 1. The number of carbonyl (C=O) groups is 1. The van der Waals surface area contributed by atoms with Crippen LogP contribution in [0.25, 0.3) is 0 Å². The van der Waals surface area contributed by atoms with Gasteiger partial charge in [0.05, 0.1) is 12.2 Å². The Hall–Kier alpha value is -0.880. The van der Waals surface area contributed by atoms with Crippen LogP contribution in [0.15, 0.2) is 12.7 Å². The number of hydrogen-bond donors (Lipinski definition) is 1. The fourth-order valence-electron chi connectivity index (χ4n) is 0.969. The van der Waals surface area contributed by atoms with Gasteiger partial charge < -0.3 is 5.11 Å². The number of unbranched alkanes of at least 4 members (excludes halogenated alkanes) is 1. The Balaban J connectivity index is 4.08. The van der Waals surface area contributed by atoms with Gasteiger partial charge in [0.25, 0.3) is 0 Å². The third kappa shape index (κ3) is 6.24. The third-order valence-electron chi connectivity index (χ3n) is 1.93. The highest BCUT2D eigenvalue weighted by atomic mass is 32.2. The first-order valence-corrected chi connectivity index (χ1v) is 6.27. The number of carboxylic acid groups (broad SMARTS) is 1. The first-order valence-electron chi connectivity index (χ1n) is 4.67. The second-order valence-electron chi connectivity index (χ2n) is 3.21. The SMILES string of the molecule is C=CCCCN(C)S(=O)(=O)CCC(=O)O. The summed E-state index contributed by atoms with van der Waals surface area (Å²) in [6.45, 7) is 3.93. The van der Waals surface area contributed by atoms with Crippen LogP contribution in [0.4, 0.5) is 0 Å². The van der Waals surface area contributed by atoms with Crippen molar-refractivity contribution in [2.24, 2.45) is 0 Å². The molecule has 0 aromatic heterocycles. The van der Waals surface area contributed by atoms with Gasteiger partial charge in [0.2, 0.25) is 10.0 Å². The molecule has 0 aromatic rings. The molecule has 0 spiro atoms. The van der Waals surface area contributed by atoms with E-state index in [1.807, 2.05) is 0 Å². The van der Waals surface area contributed by atoms with Crippen molar-refractivity contribution in [3.8, 4) is 0 Å². The Bertz CT molecular complexity index is 310. The highest BCUT2D eigenvalue weighted by Gasteiger charge is 2.18. The zero-order valence-corrected chi connectivity index (χ0v) is 9.66. The maximum Gasteiger partial charge on any atom is 0.304 e. The van der Waals surface area contributed by atoms with Crippen LogP contribution < -0.4 is 0 Å². The highest BCUT2D eigenvalue weighted by Crippen LogP contribution is 2.03. The predicted molar refractivity (Wildman–Crippen MR) is 58.1 cm³/mol. The number of hydrogen-bond acceptors (Lipinski definition) is 3. The molecule has 0 amide bonds. The first kappa shape index (κ1) is 14.1. The molecular weight excluding hydrogens is 218 g/mol. The van der Waals surface area contributed by atoms with Crippen molar-refractivity contribution in [1.82, 2.24) is 4.31 Å². The van der Waals surface area contributed by atoms with Gasteiger partial charge in [-0.15, -0.1) is 6.58 Å². The lowest BCUT2D eigenvalue weighted by molar-refractivity contribution is -0.136. The highest BCUT2D eigenvalue weighted by molar-refractivity contribution is 7.89. The Kier molecular flexibility index (Phi) is 6.19. The largest absolute Gasteiger partial charge is 0.481 e. The van der Waals surface area contributed by atoms with Crippen molar-refractivity contribution in [2.45, 2.75) is 19.3 Å². The van der Waals surface area contributed by atoms with Gasteiger partial charge in [-0.25, -0.2) is 12.7 Å². The van der Waals surface area contributed by atoms with Crippen molar-refractivity contribution in [3.63, 3.8) is 0 Å². The molecule has 0 atom stereocenters. The number of allylic oxidation sites excluding steroid dienone is 1. The first-order chi connectivity index (χ1) is 6.90. The molecule has 0 rings (SSSR count). The van der Waals surface area contributed by atoms with Crippen LogP contribution >= 0.6 is 0 Å². The molecular formula is C9H17NO4S. The summed E-state index contributed by atoms with van der Waals surface area (Å²) in [5.41, 5.74) is 0. The zero-order chi connectivity index (χ0) is 11.9. The van der Waals surface area contributed by atoms with Gasteiger partial charge in [-0.05, 0) is 12.8 Å². The average Bonchev–Trinajstić information content (AvgIpc) is 2.15. The molecule has 0 saturated carbocycles. The maximum atomic E-state index is 11.5. The molecule has 0 aliphatic carbocycles.